The summed E-state index contributed by atoms with van der Waals surface area (Å²) in [6, 6.07) is 10.2. The second kappa shape index (κ2) is 7.42. The van der Waals surface area contributed by atoms with E-state index in [0.29, 0.717) is 31.2 Å². The zero-order chi connectivity index (χ0) is 19.7. The van der Waals surface area contributed by atoms with Gasteiger partial charge in [0.05, 0.1) is 17.0 Å². The summed E-state index contributed by atoms with van der Waals surface area (Å²) in [7, 11) is -3.22. The lowest BCUT2D eigenvalue weighted by Crippen LogP contribution is -2.24. The van der Waals surface area contributed by atoms with Crippen molar-refractivity contribution in [2.75, 3.05) is 12.8 Å². The summed E-state index contributed by atoms with van der Waals surface area (Å²) in [4.78, 5) is 10.8. The van der Waals surface area contributed by atoms with Crippen LogP contribution >= 0.6 is 0 Å². The van der Waals surface area contributed by atoms with Gasteiger partial charge in [-0.05, 0) is 36.2 Å². The Kier molecular flexibility index (Phi) is 4.96. The van der Waals surface area contributed by atoms with Crippen molar-refractivity contribution < 1.29 is 18.0 Å². The highest BCUT2D eigenvalue weighted by Gasteiger charge is 2.36. The normalized spacial score (nSPS) is 20.5. The van der Waals surface area contributed by atoms with Gasteiger partial charge >= 0.3 is 0 Å². The Balaban J connectivity index is 1.54. The zero-order valence-electron chi connectivity index (χ0n) is 15.3. The highest BCUT2D eigenvalue weighted by atomic mass is 32.2. The van der Waals surface area contributed by atoms with Crippen LogP contribution in [-0.4, -0.2) is 52.5 Å². The summed E-state index contributed by atoms with van der Waals surface area (Å²) in [5, 5.41) is 14.2. The van der Waals surface area contributed by atoms with Crippen molar-refractivity contribution in [3.63, 3.8) is 0 Å². The van der Waals surface area contributed by atoms with Gasteiger partial charge in [-0.15, -0.1) is 0 Å². The first-order chi connectivity index (χ1) is 13.4. The molecule has 9 heteroatoms. The van der Waals surface area contributed by atoms with Crippen LogP contribution in [0.5, 0.6) is 0 Å². The minimum atomic E-state index is -3.22. The number of aromatic nitrogens is 3. The molecule has 1 aliphatic heterocycles. The number of likely N-dealkylation sites (tertiary alicyclic amines) is 1. The first-order valence-corrected chi connectivity index (χ1v) is 10.7. The number of hydrogen-bond acceptors (Lipinski definition) is 8. The average Bonchev–Trinajstić information content (AvgIpc) is 3.29. The van der Waals surface area contributed by atoms with Crippen LogP contribution in [0.3, 0.4) is 0 Å². The molecule has 0 radical (unpaired) electrons. The van der Waals surface area contributed by atoms with Crippen LogP contribution in [0.2, 0.25) is 0 Å². The second-order valence-corrected chi connectivity index (χ2v) is 8.96. The quantitative estimate of drug-likeness (QED) is 0.691. The van der Waals surface area contributed by atoms with Gasteiger partial charge in [-0.25, -0.2) is 8.42 Å². The molecule has 0 unspecified atom stereocenters. The average molecular weight is 400 g/mol. The molecule has 2 aromatic heterocycles. The molecule has 0 bridgehead atoms. The lowest BCUT2D eigenvalue weighted by atomic mass is 10.1. The van der Waals surface area contributed by atoms with Gasteiger partial charge in [-0.3, -0.25) is 9.88 Å². The van der Waals surface area contributed by atoms with Gasteiger partial charge < -0.3 is 9.63 Å². The summed E-state index contributed by atoms with van der Waals surface area (Å²) in [6.45, 7) is 1.02. The fraction of sp³-hybridized carbons (Fsp3) is 0.316. The van der Waals surface area contributed by atoms with E-state index < -0.39 is 15.9 Å². The van der Waals surface area contributed by atoms with Crippen LogP contribution in [0.1, 0.15) is 23.9 Å². The Morgan fingerprint density at radius 3 is 2.57 bits per heavy atom. The Hall–Kier alpha value is -2.62. The molecule has 0 aliphatic carbocycles. The molecular formula is C19H20N4O4S. The molecule has 1 aliphatic rings. The van der Waals surface area contributed by atoms with Crippen LogP contribution in [-0.2, 0) is 16.4 Å². The Morgan fingerprint density at radius 1 is 1.18 bits per heavy atom. The summed E-state index contributed by atoms with van der Waals surface area (Å²) < 4.78 is 28.7. The van der Waals surface area contributed by atoms with Gasteiger partial charge in [-0.2, -0.15) is 4.98 Å². The molecule has 3 heterocycles. The maximum Gasteiger partial charge on any atom is 0.244 e. The monoisotopic (exact) mass is 400 g/mol. The lowest BCUT2D eigenvalue weighted by Gasteiger charge is -2.21. The predicted molar refractivity (Wildman–Crippen MR) is 101 cm³/mol. The van der Waals surface area contributed by atoms with Gasteiger partial charge in [0, 0.05) is 37.3 Å². The van der Waals surface area contributed by atoms with Gasteiger partial charge in [-0.1, -0.05) is 17.3 Å². The Labute approximate surface area is 162 Å². The number of nitrogens with zero attached hydrogens (tertiary/aromatic N) is 4. The van der Waals surface area contributed by atoms with Crippen molar-refractivity contribution in [2.45, 2.75) is 30.0 Å². The molecular weight excluding hydrogens is 380 g/mol. The topological polar surface area (TPSA) is 109 Å². The molecule has 0 spiro atoms. The molecule has 4 rings (SSSR count). The van der Waals surface area contributed by atoms with Crippen LogP contribution in [0.4, 0.5) is 0 Å². The first-order valence-electron chi connectivity index (χ1n) is 8.85. The van der Waals surface area contributed by atoms with Gasteiger partial charge in [0.25, 0.3) is 0 Å². The predicted octanol–water partition coefficient (Wildman–Crippen LogP) is 1.84. The third-order valence-electron chi connectivity index (χ3n) is 4.78. The minimum absolute atomic E-state index is 0.201. The maximum atomic E-state index is 11.6. The first kappa shape index (κ1) is 18.7. The summed E-state index contributed by atoms with van der Waals surface area (Å²) >= 11 is 0. The van der Waals surface area contributed by atoms with E-state index in [1.165, 1.54) is 6.26 Å². The van der Waals surface area contributed by atoms with Crippen molar-refractivity contribution in [1.29, 1.82) is 0 Å². The number of sulfone groups is 1. The third kappa shape index (κ3) is 3.96. The van der Waals surface area contributed by atoms with Crippen LogP contribution in [0.25, 0.3) is 11.4 Å². The molecule has 3 aromatic rings. The van der Waals surface area contributed by atoms with Crippen LogP contribution in [0.15, 0.2) is 58.2 Å². The standard InChI is InChI=1S/C19H20N4O4S/c1-28(25,26)16-4-2-13(3-5-16)11-23-12-15(24)10-17(23)19-21-18(22-27-19)14-6-8-20-9-7-14/h2-9,15,17,24H,10-12H2,1H3/t15-,17+/m1/s1. The van der Waals surface area contributed by atoms with E-state index in [2.05, 4.69) is 20.0 Å². The third-order valence-corrected chi connectivity index (χ3v) is 5.91. The molecule has 0 saturated carbocycles. The van der Waals surface area contributed by atoms with E-state index in [4.69, 9.17) is 4.52 Å². The van der Waals surface area contributed by atoms with E-state index in [9.17, 15) is 13.5 Å². The van der Waals surface area contributed by atoms with E-state index in [0.717, 1.165) is 11.1 Å². The van der Waals surface area contributed by atoms with E-state index in [-0.39, 0.29) is 10.9 Å². The van der Waals surface area contributed by atoms with E-state index >= 15 is 0 Å². The highest BCUT2D eigenvalue weighted by Crippen LogP contribution is 2.33. The van der Waals surface area contributed by atoms with Crippen LogP contribution in [0, 0.1) is 0 Å². The van der Waals surface area contributed by atoms with Crippen molar-refractivity contribution in [2.24, 2.45) is 0 Å². The second-order valence-electron chi connectivity index (χ2n) is 6.94. The summed E-state index contributed by atoms with van der Waals surface area (Å²) in [6.07, 6.45) is 4.52. The molecule has 2 atom stereocenters. The molecule has 1 fully saturated rings. The van der Waals surface area contributed by atoms with Crippen molar-refractivity contribution in [3.05, 3.63) is 60.2 Å². The SMILES string of the molecule is CS(=O)(=O)c1ccc(CN2C[C@H](O)C[C@H]2c2nc(-c3ccncc3)no2)cc1. The number of benzene rings is 1. The molecule has 28 heavy (non-hydrogen) atoms. The number of β-amino-alcohol motifs (C(OH)–C–C–N with tert-alkyl or cyclic N) is 1. The highest BCUT2D eigenvalue weighted by molar-refractivity contribution is 7.90. The molecule has 1 aromatic carbocycles. The number of pyridine rings is 1. The molecule has 146 valence electrons. The van der Waals surface area contributed by atoms with Gasteiger partial charge in [0.2, 0.25) is 11.7 Å². The molecule has 0 amide bonds. The maximum absolute atomic E-state index is 11.6. The fourth-order valence-electron chi connectivity index (χ4n) is 3.38. The Bertz CT molecular complexity index is 1050. The summed E-state index contributed by atoms with van der Waals surface area (Å²) in [5.41, 5.74) is 1.76. The number of hydrogen-bond donors (Lipinski definition) is 1. The van der Waals surface area contributed by atoms with Crippen LogP contribution < -0.4 is 0 Å². The zero-order valence-corrected chi connectivity index (χ0v) is 16.1. The number of aliphatic hydroxyl groups is 1. The molecule has 1 saturated heterocycles. The Morgan fingerprint density at radius 2 is 1.89 bits per heavy atom. The molecule has 1 N–H and O–H groups in total. The molecule has 8 nitrogen and oxygen atoms in total. The van der Waals surface area contributed by atoms with Crippen molar-refractivity contribution in [3.8, 4) is 11.4 Å². The van der Waals surface area contributed by atoms with Gasteiger partial charge in [0.15, 0.2) is 9.84 Å². The van der Waals surface area contributed by atoms with Crippen molar-refractivity contribution >= 4 is 9.84 Å². The van der Waals surface area contributed by atoms with E-state index in [1.807, 2.05) is 0 Å². The van der Waals surface area contributed by atoms with E-state index in [1.54, 1.807) is 48.8 Å². The lowest BCUT2D eigenvalue weighted by molar-refractivity contribution is 0.169. The fourth-order valence-corrected chi connectivity index (χ4v) is 4.01. The number of rotatable bonds is 5. The van der Waals surface area contributed by atoms with Gasteiger partial charge in [0.1, 0.15) is 0 Å². The number of aliphatic hydroxyl groups excluding tert-OH is 1. The minimum Gasteiger partial charge on any atom is -0.392 e. The largest absolute Gasteiger partial charge is 0.392 e. The summed E-state index contributed by atoms with van der Waals surface area (Å²) in [5.74, 6) is 0.937. The van der Waals surface area contributed by atoms with Crippen molar-refractivity contribution in [1.82, 2.24) is 20.0 Å². The smallest absolute Gasteiger partial charge is 0.244 e.